The van der Waals surface area contributed by atoms with E-state index in [0.717, 1.165) is 11.1 Å². The molecule has 0 bridgehead atoms. The average Bonchev–Trinajstić information content (AvgIpc) is 3.13. The lowest BCUT2D eigenvalue weighted by Crippen LogP contribution is -2.06. The Morgan fingerprint density at radius 1 is 1.15 bits per heavy atom. The van der Waals surface area contributed by atoms with E-state index in [4.69, 9.17) is 21.1 Å². The van der Waals surface area contributed by atoms with Crippen LogP contribution in [0.2, 0.25) is 5.02 Å². The van der Waals surface area contributed by atoms with Crippen molar-refractivity contribution in [3.05, 3.63) is 107 Å². The van der Waals surface area contributed by atoms with Crippen LogP contribution in [0.3, 0.4) is 0 Å². The van der Waals surface area contributed by atoms with Crippen LogP contribution in [0.1, 0.15) is 22.3 Å². The van der Waals surface area contributed by atoms with Gasteiger partial charge in [0.05, 0.1) is 13.9 Å². The van der Waals surface area contributed by atoms with Crippen LogP contribution >= 0.6 is 43.5 Å². The number of cyclic esters (lactones) is 1. The van der Waals surface area contributed by atoms with Gasteiger partial charge < -0.3 is 9.47 Å². The number of aliphatic imine (C=N–C) groups is 1. The summed E-state index contributed by atoms with van der Waals surface area (Å²) in [4.78, 5) is 27.1. The van der Waals surface area contributed by atoms with Crippen LogP contribution in [0.4, 0.5) is 5.69 Å². The molecule has 1 heterocycles. The summed E-state index contributed by atoms with van der Waals surface area (Å²) in [6, 6.07) is 15.7. The van der Waals surface area contributed by atoms with Gasteiger partial charge in [-0.1, -0.05) is 41.4 Å². The zero-order valence-electron chi connectivity index (χ0n) is 17.6. The smallest absolute Gasteiger partial charge is 0.363 e. The topological polar surface area (TPSA) is 91.0 Å². The first kappa shape index (κ1) is 24.1. The Morgan fingerprint density at radius 3 is 2.56 bits per heavy atom. The fourth-order valence-electron chi connectivity index (χ4n) is 3.23. The number of rotatable bonds is 6. The Kier molecular flexibility index (Phi) is 7.16. The Labute approximate surface area is 216 Å². The van der Waals surface area contributed by atoms with Crippen LogP contribution in [0.15, 0.2) is 74.2 Å². The summed E-state index contributed by atoms with van der Waals surface area (Å²) in [6.07, 6.45) is 1.56. The van der Waals surface area contributed by atoms with E-state index in [2.05, 4.69) is 42.9 Å². The first-order chi connectivity index (χ1) is 16.2. The lowest BCUT2D eigenvalue weighted by atomic mass is 10.1. The van der Waals surface area contributed by atoms with Crippen molar-refractivity contribution >= 4 is 67.1 Å². The second-order valence-electron chi connectivity index (χ2n) is 7.35. The number of ether oxygens (including phenoxy) is 2. The molecular weight excluding hydrogens is 592 g/mol. The third-order valence-electron chi connectivity index (χ3n) is 4.80. The van der Waals surface area contributed by atoms with Crippen LogP contribution in [-0.4, -0.2) is 16.8 Å². The highest BCUT2D eigenvalue weighted by atomic mass is 79.9. The highest BCUT2D eigenvalue weighted by Gasteiger charge is 2.26. The van der Waals surface area contributed by atoms with Crippen LogP contribution in [-0.2, 0) is 16.1 Å². The molecule has 0 atom stereocenters. The maximum atomic E-state index is 12.4. The molecule has 3 aromatic rings. The van der Waals surface area contributed by atoms with E-state index >= 15 is 0 Å². The minimum atomic E-state index is -0.667. The molecule has 0 saturated heterocycles. The molecule has 0 saturated carbocycles. The number of carbonyl (C=O) groups excluding carboxylic acids is 1. The van der Waals surface area contributed by atoms with E-state index in [1.165, 1.54) is 18.2 Å². The Bertz CT molecular complexity index is 1360. The molecule has 0 N–H and O–H groups in total. The summed E-state index contributed by atoms with van der Waals surface area (Å²) >= 11 is 12.9. The lowest BCUT2D eigenvalue weighted by Gasteiger charge is -2.12. The minimum Gasteiger partial charge on any atom is -0.487 e. The number of carbonyl (C=O) groups is 1. The van der Waals surface area contributed by atoms with Crippen molar-refractivity contribution < 1.29 is 19.2 Å². The van der Waals surface area contributed by atoms with Crippen LogP contribution < -0.4 is 4.74 Å². The first-order valence-corrected chi connectivity index (χ1v) is 11.8. The summed E-state index contributed by atoms with van der Waals surface area (Å²) in [5.74, 6) is -0.0813. The van der Waals surface area contributed by atoms with E-state index in [-0.39, 0.29) is 27.9 Å². The largest absolute Gasteiger partial charge is 0.487 e. The number of hydrogen-bond donors (Lipinski definition) is 0. The maximum Gasteiger partial charge on any atom is 0.363 e. The Hall–Kier alpha value is -3.01. The van der Waals surface area contributed by atoms with Gasteiger partial charge in [0.2, 0.25) is 5.90 Å². The predicted molar refractivity (Wildman–Crippen MR) is 136 cm³/mol. The monoisotopic (exact) mass is 604 g/mol. The van der Waals surface area contributed by atoms with E-state index in [9.17, 15) is 14.9 Å². The molecule has 0 radical (unpaired) electrons. The van der Waals surface area contributed by atoms with Gasteiger partial charge in [0.25, 0.3) is 5.69 Å². The molecule has 4 rings (SSSR count). The van der Waals surface area contributed by atoms with Crippen molar-refractivity contribution in [3.8, 4) is 5.75 Å². The molecule has 0 fully saturated rings. The number of aryl methyl sites for hydroxylation is 1. The summed E-state index contributed by atoms with van der Waals surface area (Å²) in [5.41, 5.74) is 2.89. The summed E-state index contributed by atoms with van der Waals surface area (Å²) in [5, 5.41) is 11.1. The number of halogens is 3. The first-order valence-electron chi connectivity index (χ1n) is 9.85. The molecule has 0 unspecified atom stereocenters. The van der Waals surface area contributed by atoms with E-state index in [0.29, 0.717) is 26.9 Å². The number of nitrogens with zero attached hydrogens (tertiary/aromatic N) is 2. The minimum absolute atomic E-state index is 0.0196. The molecule has 10 heteroatoms. The number of esters is 1. The summed E-state index contributed by atoms with van der Waals surface area (Å²) in [6.45, 7) is 2.42. The molecule has 0 aromatic heterocycles. The van der Waals surface area contributed by atoms with Gasteiger partial charge in [0.15, 0.2) is 5.70 Å². The molecule has 1 aliphatic heterocycles. The van der Waals surface area contributed by atoms with Gasteiger partial charge in [-0.3, -0.25) is 10.1 Å². The molecular formula is C24H15Br2ClN2O5. The van der Waals surface area contributed by atoms with Crippen molar-refractivity contribution in [2.75, 3.05) is 0 Å². The van der Waals surface area contributed by atoms with Crippen molar-refractivity contribution in [1.29, 1.82) is 0 Å². The van der Waals surface area contributed by atoms with Crippen molar-refractivity contribution in [1.82, 2.24) is 0 Å². The summed E-state index contributed by atoms with van der Waals surface area (Å²) < 4.78 is 12.6. The van der Waals surface area contributed by atoms with Gasteiger partial charge in [-0.25, -0.2) is 9.79 Å². The van der Waals surface area contributed by atoms with Gasteiger partial charge in [0.1, 0.15) is 17.4 Å². The fraction of sp³-hybridized carbons (Fsp3) is 0.0833. The number of nitro benzene ring substituents is 1. The molecule has 172 valence electrons. The van der Waals surface area contributed by atoms with Crippen LogP contribution in [0.25, 0.3) is 6.08 Å². The van der Waals surface area contributed by atoms with E-state index < -0.39 is 10.9 Å². The van der Waals surface area contributed by atoms with Gasteiger partial charge in [-0.15, -0.1) is 0 Å². The lowest BCUT2D eigenvalue weighted by molar-refractivity contribution is -0.384. The van der Waals surface area contributed by atoms with Gasteiger partial charge in [-0.2, -0.15) is 0 Å². The fourth-order valence-corrected chi connectivity index (χ4v) is 4.87. The number of benzene rings is 3. The number of nitro groups is 1. The van der Waals surface area contributed by atoms with E-state index in [1.54, 1.807) is 18.2 Å². The van der Waals surface area contributed by atoms with Crippen molar-refractivity contribution in [3.63, 3.8) is 0 Å². The highest BCUT2D eigenvalue weighted by Crippen LogP contribution is 2.36. The average molecular weight is 607 g/mol. The quantitative estimate of drug-likeness (QED) is 0.130. The van der Waals surface area contributed by atoms with Gasteiger partial charge in [-0.05, 0) is 80.3 Å². The molecule has 1 aliphatic rings. The SMILES string of the molecule is Cc1cccc(COc2c(Br)cc(/C=C3\N=C(c4ccc(Cl)c([N+](=O)[O-])c4)OC3=O)cc2Br)c1. The zero-order valence-corrected chi connectivity index (χ0v) is 21.5. The number of hydrogen-bond acceptors (Lipinski definition) is 6. The zero-order chi connectivity index (χ0) is 24.4. The Morgan fingerprint density at radius 2 is 1.88 bits per heavy atom. The molecule has 0 amide bonds. The molecule has 7 nitrogen and oxygen atoms in total. The third kappa shape index (κ3) is 5.38. The van der Waals surface area contributed by atoms with Gasteiger partial charge in [0, 0.05) is 11.6 Å². The molecule has 0 spiro atoms. The van der Waals surface area contributed by atoms with Crippen LogP contribution in [0, 0.1) is 17.0 Å². The highest BCUT2D eigenvalue weighted by molar-refractivity contribution is 9.11. The normalized spacial score (nSPS) is 14.2. The van der Waals surface area contributed by atoms with Crippen molar-refractivity contribution in [2.24, 2.45) is 4.99 Å². The van der Waals surface area contributed by atoms with E-state index in [1.807, 2.05) is 25.1 Å². The molecule has 3 aromatic carbocycles. The van der Waals surface area contributed by atoms with Crippen LogP contribution in [0.5, 0.6) is 5.75 Å². The Balaban J connectivity index is 1.57. The second kappa shape index (κ2) is 10.1. The van der Waals surface area contributed by atoms with Crippen molar-refractivity contribution in [2.45, 2.75) is 13.5 Å². The standard InChI is InChI=1S/C24H15Br2ClN2O5/c1-13-3-2-4-14(7-13)12-33-22-17(25)8-15(9-18(22)26)10-20-24(30)34-23(28-20)16-5-6-19(27)21(11-16)29(31)32/h2-11H,12H2,1H3/b20-10-. The van der Waals surface area contributed by atoms with Gasteiger partial charge >= 0.3 is 5.97 Å². The molecule has 34 heavy (non-hydrogen) atoms. The molecule has 0 aliphatic carbocycles. The predicted octanol–water partition coefficient (Wildman–Crippen LogP) is 7.01. The second-order valence-corrected chi connectivity index (χ2v) is 9.47. The maximum absolute atomic E-state index is 12.4. The third-order valence-corrected chi connectivity index (χ3v) is 6.30. The summed E-state index contributed by atoms with van der Waals surface area (Å²) in [7, 11) is 0.